The van der Waals surface area contributed by atoms with Gasteiger partial charge in [0.15, 0.2) is 17.3 Å². The molecule has 1 aliphatic heterocycles. The lowest BCUT2D eigenvalue weighted by Gasteiger charge is -2.10. The summed E-state index contributed by atoms with van der Waals surface area (Å²) in [4.78, 5) is 9.20. The summed E-state index contributed by atoms with van der Waals surface area (Å²) in [6.07, 6.45) is 4.05. The molecule has 4 aromatic rings. The number of rotatable bonds is 3. The molecule has 1 fully saturated rings. The van der Waals surface area contributed by atoms with Gasteiger partial charge in [-0.2, -0.15) is 4.98 Å². The lowest BCUT2D eigenvalue weighted by Crippen LogP contribution is -2.06. The molecule has 0 saturated heterocycles. The van der Waals surface area contributed by atoms with Crippen LogP contribution in [0.5, 0.6) is 5.75 Å². The summed E-state index contributed by atoms with van der Waals surface area (Å²) in [5.74, 6) is 4.05. The predicted octanol–water partition coefficient (Wildman–Crippen LogP) is 2.74. The van der Waals surface area contributed by atoms with Crippen LogP contribution in [0, 0.1) is 6.92 Å². The number of methoxy groups -OCH3 is 1. The molecule has 0 unspecified atom stereocenters. The molecule has 140 valence electrons. The third-order valence-electron chi connectivity index (χ3n) is 5.40. The number of nitrogens with zero attached hydrogens (tertiary/aromatic N) is 7. The zero-order valence-corrected chi connectivity index (χ0v) is 15.5. The maximum absolute atomic E-state index is 5.54. The minimum atomic E-state index is 0.429. The monoisotopic (exact) mass is 375 g/mol. The molecular weight excluding hydrogens is 358 g/mol. The van der Waals surface area contributed by atoms with Crippen molar-refractivity contribution in [2.75, 3.05) is 7.11 Å². The average molecular weight is 375 g/mol. The number of benzene rings is 1. The van der Waals surface area contributed by atoms with E-state index >= 15 is 0 Å². The van der Waals surface area contributed by atoms with Crippen LogP contribution < -0.4 is 4.74 Å². The fourth-order valence-electron chi connectivity index (χ4n) is 3.70. The van der Waals surface area contributed by atoms with E-state index in [0.717, 1.165) is 53.0 Å². The molecule has 2 aliphatic rings. The molecule has 4 heterocycles. The Kier molecular flexibility index (Phi) is 3.06. The Labute approximate surface area is 160 Å². The standard InChI is InChI=1S/C19H17N7O2/c1-10-22-23-18-13-7-12(27-2)5-6-14(13)26-9-20-16(15(26)8-25(10)18)19-21-17(24-28-19)11-3-4-11/h5-7,9,11H,3-4,8H2,1-2H3. The first-order valence-electron chi connectivity index (χ1n) is 9.21. The van der Waals surface area contributed by atoms with Gasteiger partial charge < -0.3 is 13.8 Å². The van der Waals surface area contributed by atoms with Crippen LogP contribution in [0.25, 0.3) is 28.7 Å². The second-order valence-electron chi connectivity index (χ2n) is 7.18. The van der Waals surface area contributed by atoms with Crippen molar-refractivity contribution in [3.05, 3.63) is 41.9 Å². The van der Waals surface area contributed by atoms with Gasteiger partial charge in [-0.15, -0.1) is 10.2 Å². The first-order chi connectivity index (χ1) is 13.7. The summed E-state index contributed by atoms with van der Waals surface area (Å²) < 4.78 is 15.1. The maximum atomic E-state index is 5.54. The van der Waals surface area contributed by atoms with Crippen molar-refractivity contribution in [1.82, 2.24) is 34.5 Å². The van der Waals surface area contributed by atoms with Crippen molar-refractivity contribution in [3.8, 4) is 34.4 Å². The Bertz CT molecular complexity index is 1220. The van der Waals surface area contributed by atoms with Gasteiger partial charge in [0.25, 0.3) is 5.89 Å². The van der Waals surface area contributed by atoms with E-state index in [9.17, 15) is 0 Å². The number of hydrogen-bond donors (Lipinski definition) is 0. The van der Waals surface area contributed by atoms with Crippen molar-refractivity contribution in [3.63, 3.8) is 0 Å². The Morgan fingerprint density at radius 1 is 1.21 bits per heavy atom. The fraction of sp³-hybridized carbons (Fsp3) is 0.316. The van der Waals surface area contributed by atoms with Crippen LogP contribution in [0.1, 0.15) is 36.1 Å². The summed E-state index contributed by atoms with van der Waals surface area (Å²) in [7, 11) is 1.65. The largest absolute Gasteiger partial charge is 0.497 e. The van der Waals surface area contributed by atoms with Gasteiger partial charge in [-0.3, -0.25) is 4.57 Å². The molecule has 0 spiro atoms. The van der Waals surface area contributed by atoms with Gasteiger partial charge >= 0.3 is 0 Å². The van der Waals surface area contributed by atoms with E-state index in [4.69, 9.17) is 9.26 Å². The number of aromatic nitrogens is 7. The molecule has 9 nitrogen and oxygen atoms in total. The summed E-state index contributed by atoms with van der Waals surface area (Å²) in [5.41, 5.74) is 3.55. The SMILES string of the molecule is COc1ccc2c(c1)-c1nnc(C)n1Cc1c(-c3nc(C4CC4)no3)ncn1-2. The van der Waals surface area contributed by atoms with Crippen molar-refractivity contribution < 1.29 is 9.26 Å². The Morgan fingerprint density at radius 2 is 2.11 bits per heavy atom. The lowest BCUT2D eigenvalue weighted by atomic mass is 10.1. The van der Waals surface area contributed by atoms with E-state index in [1.165, 1.54) is 0 Å². The summed E-state index contributed by atoms with van der Waals surface area (Å²) >= 11 is 0. The van der Waals surface area contributed by atoms with Crippen molar-refractivity contribution in [2.24, 2.45) is 0 Å². The molecular formula is C19H17N7O2. The van der Waals surface area contributed by atoms with Gasteiger partial charge in [0, 0.05) is 11.5 Å². The third-order valence-corrected chi connectivity index (χ3v) is 5.40. The van der Waals surface area contributed by atoms with E-state index in [0.29, 0.717) is 24.0 Å². The van der Waals surface area contributed by atoms with E-state index in [1.54, 1.807) is 13.4 Å². The zero-order valence-electron chi connectivity index (χ0n) is 15.5. The first-order valence-corrected chi connectivity index (χ1v) is 9.21. The van der Waals surface area contributed by atoms with Gasteiger partial charge in [0.05, 0.1) is 25.0 Å². The molecule has 0 N–H and O–H groups in total. The van der Waals surface area contributed by atoms with Crippen LogP contribution in [0.3, 0.4) is 0 Å². The van der Waals surface area contributed by atoms with Gasteiger partial charge in [0.2, 0.25) is 0 Å². The molecule has 0 bridgehead atoms. The van der Waals surface area contributed by atoms with Crippen molar-refractivity contribution in [1.29, 1.82) is 0 Å². The van der Waals surface area contributed by atoms with Crippen molar-refractivity contribution >= 4 is 0 Å². The van der Waals surface area contributed by atoms with E-state index in [2.05, 4.69) is 34.5 Å². The number of ether oxygens (including phenoxy) is 1. The molecule has 0 radical (unpaired) electrons. The molecule has 0 atom stereocenters. The predicted molar refractivity (Wildman–Crippen MR) is 98.2 cm³/mol. The normalized spacial score (nSPS) is 14.9. The molecule has 0 amide bonds. The van der Waals surface area contributed by atoms with Gasteiger partial charge in [-0.05, 0) is 38.0 Å². The molecule has 9 heteroatoms. The highest BCUT2D eigenvalue weighted by Crippen LogP contribution is 2.40. The minimum absolute atomic E-state index is 0.429. The minimum Gasteiger partial charge on any atom is -0.497 e. The van der Waals surface area contributed by atoms with Crippen LogP contribution in [-0.4, -0.2) is 41.6 Å². The summed E-state index contributed by atoms with van der Waals surface area (Å²) in [6.45, 7) is 2.50. The molecule has 3 aromatic heterocycles. The van der Waals surface area contributed by atoms with Crippen LogP contribution in [0.15, 0.2) is 29.0 Å². The molecule has 1 saturated carbocycles. The maximum Gasteiger partial charge on any atom is 0.278 e. The zero-order chi connectivity index (χ0) is 18.8. The number of imidazole rings is 1. The van der Waals surface area contributed by atoms with Gasteiger partial charge in [-0.25, -0.2) is 4.98 Å². The molecule has 28 heavy (non-hydrogen) atoms. The van der Waals surface area contributed by atoms with Gasteiger partial charge in [0.1, 0.15) is 17.9 Å². The molecule has 1 aliphatic carbocycles. The second-order valence-corrected chi connectivity index (χ2v) is 7.18. The number of fused-ring (bicyclic) bond motifs is 5. The van der Waals surface area contributed by atoms with Crippen LogP contribution >= 0.6 is 0 Å². The number of hydrogen-bond acceptors (Lipinski definition) is 7. The van der Waals surface area contributed by atoms with E-state index in [1.807, 2.05) is 25.1 Å². The number of aryl methyl sites for hydroxylation is 1. The highest BCUT2D eigenvalue weighted by atomic mass is 16.5. The van der Waals surface area contributed by atoms with Gasteiger partial charge in [-0.1, -0.05) is 5.16 Å². The highest BCUT2D eigenvalue weighted by Gasteiger charge is 2.31. The third kappa shape index (κ3) is 2.16. The Hall–Kier alpha value is -3.49. The van der Waals surface area contributed by atoms with E-state index in [-0.39, 0.29) is 0 Å². The summed E-state index contributed by atoms with van der Waals surface area (Å²) in [5, 5.41) is 12.8. The topological polar surface area (TPSA) is 96.7 Å². The molecule has 1 aromatic carbocycles. The summed E-state index contributed by atoms with van der Waals surface area (Å²) in [6, 6.07) is 5.91. The quantitative estimate of drug-likeness (QED) is 0.478. The Balaban J connectivity index is 1.57. The molecule has 6 rings (SSSR count). The Morgan fingerprint density at radius 3 is 2.93 bits per heavy atom. The smallest absolute Gasteiger partial charge is 0.278 e. The highest BCUT2D eigenvalue weighted by molar-refractivity contribution is 5.72. The lowest BCUT2D eigenvalue weighted by molar-refractivity contribution is 0.415. The first kappa shape index (κ1) is 15.6. The van der Waals surface area contributed by atoms with Crippen molar-refractivity contribution in [2.45, 2.75) is 32.2 Å². The average Bonchev–Trinajstić information content (AvgIpc) is 3.17. The van der Waals surface area contributed by atoms with Crippen LogP contribution in [-0.2, 0) is 6.54 Å². The van der Waals surface area contributed by atoms with Crippen LogP contribution in [0.4, 0.5) is 0 Å². The fourth-order valence-corrected chi connectivity index (χ4v) is 3.70. The van der Waals surface area contributed by atoms with Crippen LogP contribution in [0.2, 0.25) is 0 Å². The van der Waals surface area contributed by atoms with E-state index < -0.39 is 0 Å². The second kappa shape index (κ2) is 5.51.